The van der Waals surface area contributed by atoms with Crippen LogP contribution in [0.1, 0.15) is 97.6 Å². The molecule has 0 spiro atoms. The van der Waals surface area contributed by atoms with Gasteiger partial charge in [-0.05, 0) is 64.0 Å². The number of carbonyl (C=O) groups excluding carboxylic acids is 2. The van der Waals surface area contributed by atoms with Crippen LogP contribution in [0.15, 0.2) is 30.5 Å². The van der Waals surface area contributed by atoms with Crippen LogP contribution in [0.5, 0.6) is 0 Å². The maximum Gasteiger partial charge on any atom is 0.416 e. The van der Waals surface area contributed by atoms with E-state index in [1.807, 2.05) is 4.68 Å². The summed E-state index contributed by atoms with van der Waals surface area (Å²) in [6, 6.07) is 4.96. The molecule has 2 saturated heterocycles. The van der Waals surface area contributed by atoms with Gasteiger partial charge in [0.25, 0.3) is 5.91 Å². The Kier molecular flexibility index (Phi) is 7.04. The molecule has 1 saturated carbocycles. The summed E-state index contributed by atoms with van der Waals surface area (Å²) in [5, 5.41) is 14.2. The fourth-order valence-electron chi connectivity index (χ4n) is 5.93. The second-order valence-corrected chi connectivity index (χ2v) is 11.5. The Morgan fingerprint density at radius 2 is 1.71 bits per heavy atom. The minimum absolute atomic E-state index is 0.0359. The average Bonchev–Trinajstić information content (AvgIpc) is 3.45. The van der Waals surface area contributed by atoms with Crippen molar-refractivity contribution in [1.29, 1.82) is 0 Å². The topological polar surface area (TPSA) is 78.7 Å². The number of rotatable bonds is 6. The zero-order valence-corrected chi connectivity index (χ0v) is 21.9. The minimum Gasteiger partial charge on any atom is -0.395 e. The van der Waals surface area contributed by atoms with Crippen molar-refractivity contribution in [2.24, 2.45) is 5.41 Å². The molecular weight excluding hydrogens is 497 g/mol. The van der Waals surface area contributed by atoms with Gasteiger partial charge < -0.3 is 14.9 Å². The molecule has 3 fully saturated rings. The highest BCUT2D eigenvalue weighted by molar-refractivity contribution is 5.96. The molecule has 1 atom stereocenters. The van der Waals surface area contributed by atoms with E-state index in [-0.39, 0.29) is 35.9 Å². The largest absolute Gasteiger partial charge is 0.416 e. The molecule has 38 heavy (non-hydrogen) atoms. The van der Waals surface area contributed by atoms with E-state index < -0.39 is 23.2 Å². The molecule has 1 aromatic carbocycles. The Balaban J connectivity index is 1.37. The van der Waals surface area contributed by atoms with Crippen molar-refractivity contribution in [3.8, 4) is 0 Å². The van der Waals surface area contributed by atoms with Crippen LogP contribution in [0.3, 0.4) is 0 Å². The lowest BCUT2D eigenvalue weighted by Gasteiger charge is -2.37. The summed E-state index contributed by atoms with van der Waals surface area (Å²) >= 11 is 0. The quantitative estimate of drug-likeness (QED) is 0.572. The molecule has 7 nitrogen and oxygen atoms in total. The van der Waals surface area contributed by atoms with Crippen LogP contribution in [0.25, 0.3) is 0 Å². The first-order valence-electron chi connectivity index (χ1n) is 13.5. The highest BCUT2D eigenvalue weighted by Gasteiger charge is 2.42. The molecule has 3 aliphatic rings. The van der Waals surface area contributed by atoms with Crippen molar-refractivity contribution in [3.63, 3.8) is 0 Å². The van der Waals surface area contributed by atoms with Crippen LogP contribution >= 0.6 is 0 Å². The molecule has 3 heterocycles. The molecule has 1 aromatic heterocycles. The molecule has 10 heteroatoms. The van der Waals surface area contributed by atoms with Gasteiger partial charge in [0.05, 0.1) is 47.1 Å². The van der Waals surface area contributed by atoms with E-state index in [2.05, 4.69) is 5.10 Å². The first-order chi connectivity index (χ1) is 18.0. The lowest BCUT2D eigenvalue weighted by atomic mass is 9.91. The number of piperidine rings is 1. The summed E-state index contributed by atoms with van der Waals surface area (Å²) in [5.41, 5.74) is 0.00507. The van der Waals surface area contributed by atoms with Gasteiger partial charge in [-0.2, -0.15) is 18.3 Å². The first kappa shape index (κ1) is 26.7. The maximum absolute atomic E-state index is 13.8. The Hall–Kier alpha value is -2.88. The molecule has 1 aliphatic carbocycles. The molecule has 0 radical (unpaired) electrons. The Bertz CT molecular complexity index is 1200. The summed E-state index contributed by atoms with van der Waals surface area (Å²) in [6.45, 7) is 4.75. The van der Waals surface area contributed by atoms with Gasteiger partial charge >= 0.3 is 6.18 Å². The molecular formula is C28H35F3N4O3. The Morgan fingerprint density at radius 1 is 1.03 bits per heavy atom. The number of nitrogens with zero attached hydrogens (tertiary/aromatic N) is 4. The second kappa shape index (κ2) is 10.0. The third kappa shape index (κ3) is 4.95. The van der Waals surface area contributed by atoms with Gasteiger partial charge in [0.1, 0.15) is 0 Å². The maximum atomic E-state index is 13.8. The van der Waals surface area contributed by atoms with Crippen LogP contribution in [0.4, 0.5) is 13.2 Å². The summed E-state index contributed by atoms with van der Waals surface area (Å²) in [7, 11) is 0. The average molecular weight is 533 g/mol. The van der Waals surface area contributed by atoms with Crippen LogP contribution in [0, 0.1) is 5.41 Å². The predicted octanol–water partition coefficient (Wildman–Crippen LogP) is 4.94. The fraction of sp³-hybridized carbons (Fsp3) is 0.607. The molecule has 1 unspecified atom stereocenters. The summed E-state index contributed by atoms with van der Waals surface area (Å²) < 4.78 is 43.2. The number of benzene rings is 1. The number of hydrogen-bond acceptors (Lipinski definition) is 4. The predicted molar refractivity (Wildman–Crippen MR) is 134 cm³/mol. The second-order valence-electron chi connectivity index (χ2n) is 11.5. The molecule has 1 N–H and O–H groups in total. The van der Waals surface area contributed by atoms with Gasteiger partial charge in [-0.3, -0.25) is 14.3 Å². The highest BCUT2D eigenvalue weighted by atomic mass is 19.4. The summed E-state index contributed by atoms with van der Waals surface area (Å²) in [6.07, 6.45) is 1.52. The number of alkyl halides is 3. The van der Waals surface area contributed by atoms with Gasteiger partial charge in [-0.1, -0.05) is 18.2 Å². The number of hydrogen-bond donors (Lipinski definition) is 1. The number of carbonyl (C=O) groups is 2. The van der Waals surface area contributed by atoms with Crippen molar-refractivity contribution in [2.45, 2.75) is 76.6 Å². The Morgan fingerprint density at radius 3 is 2.34 bits per heavy atom. The van der Waals surface area contributed by atoms with Gasteiger partial charge in [-0.15, -0.1) is 0 Å². The molecule has 206 valence electrons. The normalized spacial score (nSPS) is 21.3. The number of amides is 2. The third-order valence-corrected chi connectivity index (χ3v) is 8.24. The minimum atomic E-state index is -4.49. The smallest absolute Gasteiger partial charge is 0.395 e. The lowest BCUT2D eigenvalue weighted by Crippen LogP contribution is -2.46. The summed E-state index contributed by atoms with van der Waals surface area (Å²) in [4.78, 5) is 30.0. The van der Waals surface area contributed by atoms with Crippen molar-refractivity contribution >= 4 is 11.8 Å². The third-order valence-electron chi connectivity index (χ3n) is 8.24. The van der Waals surface area contributed by atoms with E-state index in [4.69, 9.17) is 0 Å². The Labute approximate surface area is 220 Å². The fourth-order valence-corrected chi connectivity index (χ4v) is 5.93. The number of aliphatic hydroxyl groups is 1. The zero-order valence-electron chi connectivity index (χ0n) is 21.9. The van der Waals surface area contributed by atoms with E-state index in [0.29, 0.717) is 50.9 Å². The number of aromatic nitrogens is 2. The zero-order chi connectivity index (χ0) is 27.2. The van der Waals surface area contributed by atoms with Gasteiger partial charge in [-0.25, -0.2) is 0 Å². The standard InChI is InChI=1S/C28H35F3N4O3/c1-27(2,17-36)26(38)33-14-11-19(12-15-33)35-24(18-9-10-18)21(16-32-35)25(37)34-13-5-8-23(34)20-6-3-4-7-22(20)28(29,30)31/h3-4,6-7,16,18-19,23,36H,5,8-15,17H2,1-2H3. The molecule has 2 aliphatic heterocycles. The number of likely N-dealkylation sites (tertiary alicyclic amines) is 2. The molecule has 2 amide bonds. The summed E-state index contributed by atoms with van der Waals surface area (Å²) in [5.74, 6) is -0.112. The SMILES string of the molecule is CC(C)(CO)C(=O)N1CCC(n2ncc(C(=O)N3CCCC3c3ccccc3C(F)(F)F)c2C2CC2)CC1. The van der Waals surface area contributed by atoms with Gasteiger partial charge in [0.2, 0.25) is 5.91 Å². The molecule has 5 rings (SSSR count). The van der Waals surface area contributed by atoms with Crippen LogP contribution in [-0.4, -0.2) is 62.7 Å². The van der Waals surface area contributed by atoms with E-state index in [9.17, 15) is 27.9 Å². The van der Waals surface area contributed by atoms with Crippen LogP contribution < -0.4 is 0 Å². The van der Waals surface area contributed by atoms with Crippen molar-refractivity contribution < 1.29 is 27.9 Å². The van der Waals surface area contributed by atoms with E-state index in [1.54, 1.807) is 35.9 Å². The lowest BCUT2D eigenvalue weighted by molar-refractivity contribution is -0.143. The number of halogens is 3. The van der Waals surface area contributed by atoms with Crippen LogP contribution in [-0.2, 0) is 11.0 Å². The molecule has 0 bridgehead atoms. The van der Waals surface area contributed by atoms with Gasteiger partial charge in [0, 0.05) is 25.6 Å². The van der Waals surface area contributed by atoms with E-state index >= 15 is 0 Å². The van der Waals surface area contributed by atoms with Crippen molar-refractivity contribution in [2.75, 3.05) is 26.2 Å². The first-order valence-corrected chi connectivity index (χ1v) is 13.5. The van der Waals surface area contributed by atoms with E-state index in [0.717, 1.165) is 24.6 Å². The number of aliphatic hydroxyl groups excluding tert-OH is 1. The van der Waals surface area contributed by atoms with E-state index in [1.165, 1.54) is 12.1 Å². The highest BCUT2D eigenvalue weighted by Crippen LogP contribution is 2.45. The monoisotopic (exact) mass is 532 g/mol. The van der Waals surface area contributed by atoms with Crippen molar-refractivity contribution in [3.05, 3.63) is 52.8 Å². The van der Waals surface area contributed by atoms with Crippen molar-refractivity contribution in [1.82, 2.24) is 19.6 Å². The van der Waals surface area contributed by atoms with Crippen LogP contribution in [0.2, 0.25) is 0 Å². The van der Waals surface area contributed by atoms with Gasteiger partial charge in [0.15, 0.2) is 0 Å². The molecule has 2 aromatic rings.